The predicted molar refractivity (Wildman–Crippen MR) is 146 cm³/mol. The number of halogens is 2. The Morgan fingerprint density at radius 3 is 2.56 bits per heavy atom. The molecule has 2 fully saturated rings. The molecule has 2 atom stereocenters. The molecule has 216 valence electrons. The smallest absolute Gasteiger partial charge is 0.340 e. The number of esters is 1. The zero-order valence-corrected chi connectivity index (χ0v) is 23.3. The van der Waals surface area contributed by atoms with Crippen LogP contribution in [0.5, 0.6) is 5.88 Å². The van der Waals surface area contributed by atoms with Gasteiger partial charge in [-0.1, -0.05) is 6.92 Å². The van der Waals surface area contributed by atoms with Crippen molar-refractivity contribution in [1.29, 1.82) is 0 Å². The molecule has 0 unspecified atom stereocenters. The predicted octanol–water partition coefficient (Wildman–Crippen LogP) is 4.26. The van der Waals surface area contributed by atoms with Gasteiger partial charge in [-0.3, -0.25) is 4.79 Å². The molecule has 1 amide bonds. The first-order chi connectivity index (χ1) is 19.3. The van der Waals surface area contributed by atoms with Crippen molar-refractivity contribution in [2.24, 2.45) is 11.7 Å². The summed E-state index contributed by atoms with van der Waals surface area (Å²) in [5.74, 6) is -2.37. The topological polar surface area (TPSA) is 133 Å². The lowest BCUT2D eigenvalue weighted by molar-refractivity contribution is -0.174. The van der Waals surface area contributed by atoms with Crippen LogP contribution in [0.2, 0.25) is 0 Å². The molecule has 3 aromatic rings. The summed E-state index contributed by atoms with van der Waals surface area (Å²) < 4.78 is 37.8. The van der Waals surface area contributed by atoms with Gasteiger partial charge in [0, 0.05) is 29.8 Å². The van der Waals surface area contributed by atoms with Crippen molar-refractivity contribution in [3.05, 3.63) is 47.4 Å². The lowest BCUT2D eigenvalue weighted by Crippen LogP contribution is -2.61. The minimum atomic E-state index is -2.78. The lowest BCUT2D eigenvalue weighted by Gasteiger charge is -2.43. The number of pyridine rings is 3. The Hall–Kier alpha value is -3.93. The van der Waals surface area contributed by atoms with E-state index in [0.717, 1.165) is 10.9 Å². The van der Waals surface area contributed by atoms with E-state index in [2.05, 4.69) is 20.3 Å². The number of carbonyl (C=O) groups is 2. The number of alkyl halides is 2. The molecule has 10 nitrogen and oxygen atoms in total. The highest BCUT2D eigenvalue weighted by Gasteiger charge is 2.50. The first kappa shape index (κ1) is 27.3. The number of fused-ring (bicyclic) bond motifs is 2. The van der Waals surface area contributed by atoms with Gasteiger partial charge in [0.2, 0.25) is 11.8 Å². The quantitative estimate of drug-likeness (QED) is 0.420. The molecule has 1 saturated heterocycles. The maximum Gasteiger partial charge on any atom is 0.340 e. The Morgan fingerprint density at radius 1 is 1.15 bits per heavy atom. The highest BCUT2D eigenvalue weighted by molar-refractivity contribution is 5.93. The summed E-state index contributed by atoms with van der Waals surface area (Å²) in [4.78, 5) is 39.7. The number of amides is 1. The van der Waals surface area contributed by atoms with E-state index < -0.39 is 24.6 Å². The molecule has 41 heavy (non-hydrogen) atoms. The number of nitrogens with two attached hydrogens (primary N) is 1. The summed E-state index contributed by atoms with van der Waals surface area (Å²) in [6, 6.07) is 5.26. The molecule has 1 saturated carbocycles. The van der Waals surface area contributed by atoms with Crippen molar-refractivity contribution >= 4 is 34.3 Å². The summed E-state index contributed by atoms with van der Waals surface area (Å²) in [6.45, 7) is 6.55. The Balaban J connectivity index is 1.23. The van der Waals surface area contributed by atoms with Crippen molar-refractivity contribution < 1.29 is 27.8 Å². The maximum absolute atomic E-state index is 13.2. The molecule has 12 heteroatoms. The van der Waals surface area contributed by atoms with Gasteiger partial charge in [0.15, 0.2) is 0 Å². The summed E-state index contributed by atoms with van der Waals surface area (Å²) in [5.41, 5.74) is 7.67. The molecule has 0 bridgehead atoms. The first-order valence-corrected chi connectivity index (χ1v) is 13.7. The summed E-state index contributed by atoms with van der Waals surface area (Å²) in [5, 5.41) is 4.68. The Labute approximate surface area is 235 Å². The van der Waals surface area contributed by atoms with Crippen LogP contribution in [-0.2, 0) is 15.1 Å². The Kier molecular flexibility index (Phi) is 6.36. The number of rotatable bonds is 6. The average molecular weight is 567 g/mol. The number of anilines is 2. The van der Waals surface area contributed by atoms with Crippen LogP contribution >= 0.6 is 0 Å². The molecular weight excluding hydrogens is 534 g/mol. The SMILES string of the molecule is C[C@@H]1OC(=O)c2ccc(Nc3cc4c(C(C)(C)N)cnc(OC5CC(C(=O)N6CC(F)(F)C6)C5)c4cn3)nc2[C@H]1C. The second-order valence-electron chi connectivity index (χ2n) is 11.9. The number of aromatic nitrogens is 3. The highest BCUT2D eigenvalue weighted by Crippen LogP contribution is 2.39. The molecular formula is C29H32F2N6O4. The number of hydrogen-bond acceptors (Lipinski definition) is 9. The van der Waals surface area contributed by atoms with E-state index in [1.807, 2.05) is 33.8 Å². The van der Waals surface area contributed by atoms with Crippen LogP contribution < -0.4 is 15.8 Å². The van der Waals surface area contributed by atoms with Crippen LogP contribution in [-0.4, -0.2) is 62.9 Å². The van der Waals surface area contributed by atoms with E-state index in [1.165, 1.54) is 4.90 Å². The molecule has 1 aliphatic carbocycles. The fourth-order valence-electron chi connectivity index (χ4n) is 5.49. The molecule has 3 aromatic heterocycles. The summed E-state index contributed by atoms with van der Waals surface area (Å²) in [6.07, 6.45) is 3.68. The van der Waals surface area contributed by atoms with Crippen LogP contribution in [0.25, 0.3) is 10.8 Å². The van der Waals surface area contributed by atoms with Gasteiger partial charge < -0.3 is 25.4 Å². The normalized spacial score (nSPS) is 25.0. The van der Waals surface area contributed by atoms with Gasteiger partial charge in [-0.2, -0.15) is 0 Å². The van der Waals surface area contributed by atoms with E-state index in [9.17, 15) is 18.4 Å². The third-order valence-corrected chi connectivity index (χ3v) is 8.14. The third kappa shape index (κ3) is 5.05. The molecule has 0 spiro atoms. The second-order valence-corrected chi connectivity index (χ2v) is 11.9. The maximum atomic E-state index is 13.2. The monoisotopic (exact) mass is 566 g/mol. The minimum absolute atomic E-state index is 0.0577. The van der Waals surface area contributed by atoms with Gasteiger partial charge in [0.05, 0.1) is 29.7 Å². The van der Waals surface area contributed by atoms with Crippen LogP contribution in [0.4, 0.5) is 20.4 Å². The fourth-order valence-corrected chi connectivity index (χ4v) is 5.49. The average Bonchev–Trinajstić information content (AvgIpc) is 2.86. The van der Waals surface area contributed by atoms with E-state index in [4.69, 9.17) is 15.2 Å². The molecule has 6 rings (SSSR count). The Morgan fingerprint density at radius 2 is 1.88 bits per heavy atom. The zero-order chi connectivity index (χ0) is 29.3. The van der Waals surface area contributed by atoms with Crippen molar-refractivity contribution in [1.82, 2.24) is 19.9 Å². The van der Waals surface area contributed by atoms with Crippen molar-refractivity contribution in [3.63, 3.8) is 0 Å². The number of cyclic esters (lactones) is 1. The van der Waals surface area contributed by atoms with E-state index in [-0.39, 0.29) is 35.9 Å². The van der Waals surface area contributed by atoms with Gasteiger partial charge in [-0.05, 0) is 62.8 Å². The van der Waals surface area contributed by atoms with Crippen LogP contribution in [0, 0.1) is 5.92 Å². The molecule has 0 radical (unpaired) electrons. The van der Waals surface area contributed by atoms with E-state index in [0.29, 0.717) is 47.0 Å². The van der Waals surface area contributed by atoms with Gasteiger partial charge in [-0.15, -0.1) is 0 Å². The summed E-state index contributed by atoms with van der Waals surface area (Å²) >= 11 is 0. The van der Waals surface area contributed by atoms with Crippen LogP contribution in [0.1, 0.15) is 68.1 Å². The summed E-state index contributed by atoms with van der Waals surface area (Å²) in [7, 11) is 0. The van der Waals surface area contributed by atoms with Crippen molar-refractivity contribution in [2.45, 2.75) is 70.1 Å². The number of ether oxygens (including phenoxy) is 2. The number of carbonyl (C=O) groups excluding carboxylic acids is 2. The molecule has 3 aliphatic rings. The Bertz CT molecular complexity index is 1540. The molecule has 0 aromatic carbocycles. The van der Waals surface area contributed by atoms with Gasteiger partial charge in [0.1, 0.15) is 23.8 Å². The largest absolute Gasteiger partial charge is 0.474 e. The minimum Gasteiger partial charge on any atom is -0.474 e. The van der Waals surface area contributed by atoms with Gasteiger partial charge in [-0.25, -0.2) is 28.5 Å². The molecule has 5 heterocycles. The number of likely N-dealkylation sites (tertiary alicyclic amines) is 1. The van der Waals surface area contributed by atoms with E-state index in [1.54, 1.807) is 24.5 Å². The van der Waals surface area contributed by atoms with Gasteiger partial charge >= 0.3 is 5.97 Å². The second kappa shape index (κ2) is 9.57. The third-order valence-electron chi connectivity index (χ3n) is 8.14. The van der Waals surface area contributed by atoms with Crippen molar-refractivity contribution in [3.8, 4) is 5.88 Å². The van der Waals surface area contributed by atoms with E-state index >= 15 is 0 Å². The number of nitrogens with zero attached hydrogens (tertiary/aromatic N) is 4. The van der Waals surface area contributed by atoms with Crippen LogP contribution in [0.3, 0.4) is 0 Å². The number of hydrogen-bond donors (Lipinski definition) is 2. The fraction of sp³-hybridized carbons (Fsp3) is 0.483. The van der Waals surface area contributed by atoms with Gasteiger partial charge in [0.25, 0.3) is 5.92 Å². The highest BCUT2D eigenvalue weighted by atomic mass is 19.3. The lowest BCUT2D eigenvalue weighted by atomic mass is 9.80. The first-order valence-electron chi connectivity index (χ1n) is 13.7. The number of nitrogens with one attached hydrogen (secondary N) is 1. The van der Waals surface area contributed by atoms with Crippen molar-refractivity contribution in [2.75, 3.05) is 18.4 Å². The molecule has 3 N–H and O–H groups in total. The van der Waals surface area contributed by atoms with Crippen LogP contribution in [0.15, 0.2) is 30.6 Å². The molecule has 2 aliphatic heterocycles. The standard InChI is InChI=1S/C29H32F2N6O4/c1-14-15(2)40-27(39)18-5-6-22(36-24(14)18)35-23-9-19-20(10-33-23)25(34-11-21(19)28(3,4)32)41-17-7-16(8-17)26(38)37-12-29(30,31)13-37/h5-6,9-11,14-17H,7-8,12-13,32H2,1-4H3,(H,33,35,36)/t14-,15-,16?,17?/m0/s1. The zero-order valence-electron chi connectivity index (χ0n) is 23.3.